The molecule has 0 saturated carbocycles. The maximum absolute atomic E-state index is 11.4. The fourth-order valence-electron chi connectivity index (χ4n) is 2.31. The summed E-state index contributed by atoms with van der Waals surface area (Å²) in [6.45, 7) is 3.42. The van der Waals surface area contributed by atoms with Crippen molar-refractivity contribution in [2.45, 2.75) is 19.4 Å². The maximum atomic E-state index is 11.4. The van der Waals surface area contributed by atoms with Crippen molar-refractivity contribution in [1.82, 2.24) is 4.90 Å². The Morgan fingerprint density at radius 1 is 1.71 bits per heavy atom. The van der Waals surface area contributed by atoms with E-state index in [0.29, 0.717) is 6.54 Å². The third-order valence-electron chi connectivity index (χ3n) is 3.16. The van der Waals surface area contributed by atoms with E-state index in [1.165, 1.54) is 4.88 Å². The molecule has 1 aromatic rings. The van der Waals surface area contributed by atoms with Crippen LogP contribution in [0, 0.1) is 5.92 Å². The normalized spacial score (nSPS) is 22.1. The summed E-state index contributed by atoms with van der Waals surface area (Å²) in [7, 11) is 0. The number of carbonyl (C=O) groups is 1. The molecule has 0 spiro atoms. The monoisotopic (exact) mass is 255 g/mol. The van der Waals surface area contributed by atoms with Crippen molar-refractivity contribution in [1.29, 1.82) is 0 Å². The Labute approximate surface area is 104 Å². The number of nitrogens with zero attached hydrogens (tertiary/aromatic N) is 1. The number of aliphatic hydroxyl groups is 1. The van der Waals surface area contributed by atoms with Gasteiger partial charge >= 0.3 is 5.97 Å². The Morgan fingerprint density at radius 3 is 3.12 bits per heavy atom. The first-order chi connectivity index (χ1) is 8.13. The van der Waals surface area contributed by atoms with Crippen molar-refractivity contribution >= 4 is 17.3 Å². The lowest BCUT2D eigenvalue weighted by atomic mass is 9.98. The Bertz CT molecular complexity index is 404. The molecule has 1 aliphatic rings. The van der Waals surface area contributed by atoms with Gasteiger partial charge in [-0.15, -0.1) is 11.3 Å². The van der Waals surface area contributed by atoms with Gasteiger partial charge in [-0.3, -0.25) is 9.69 Å². The standard InChI is InChI=1S/C12H17NO3S/c1-8(7-14)6-13-4-2-10-9(3-5-17-10)11(13)12(15)16/h3,5,8,11,14H,2,4,6-7H2,1H3,(H,15,16). The van der Waals surface area contributed by atoms with Crippen molar-refractivity contribution in [3.8, 4) is 0 Å². The minimum Gasteiger partial charge on any atom is -0.480 e. The van der Waals surface area contributed by atoms with E-state index >= 15 is 0 Å². The van der Waals surface area contributed by atoms with Gasteiger partial charge in [0.1, 0.15) is 6.04 Å². The van der Waals surface area contributed by atoms with Crippen LogP contribution in [-0.4, -0.2) is 40.8 Å². The molecule has 1 aliphatic heterocycles. The first-order valence-corrected chi connectivity index (χ1v) is 6.65. The molecule has 0 aliphatic carbocycles. The van der Waals surface area contributed by atoms with Crippen molar-refractivity contribution in [2.75, 3.05) is 19.7 Å². The molecule has 2 atom stereocenters. The van der Waals surface area contributed by atoms with E-state index in [1.54, 1.807) is 11.3 Å². The molecule has 5 heteroatoms. The zero-order valence-electron chi connectivity index (χ0n) is 9.80. The summed E-state index contributed by atoms with van der Waals surface area (Å²) >= 11 is 1.63. The summed E-state index contributed by atoms with van der Waals surface area (Å²) in [6.07, 6.45) is 0.912. The highest BCUT2D eigenvalue weighted by atomic mass is 32.1. The van der Waals surface area contributed by atoms with Gasteiger partial charge in [-0.25, -0.2) is 0 Å². The fraction of sp³-hybridized carbons (Fsp3) is 0.583. The van der Waals surface area contributed by atoms with Crippen molar-refractivity contribution in [3.63, 3.8) is 0 Å². The van der Waals surface area contributed by atoms with Crippen LogP contribution in [0.5, 0.6) is 0 Å². The van der Waals surface area contributed by atoms with Gasteiger partial charge in [-0.05, 0) is 29.3 Å². The van der Waals surface area contributed by atoms with Crippen LogP contribution in [0.1, 0.15) is 23.4 Å². The number of hydrogen-bond acceptors (Lipinski definition) is 4. The lowest BCUT2D eigenvalue weighted by molar-refractivity contribution is -0.144. The summed E-state index contributed by atoms with van der Waals surface area (Å²) in [4.78, 5) is 14.5. The lowest BCUT2D eigenvalue weighted by Crippen LogP contribution is -2.41. The Morgan fingerprint density at radius 2 is 2.47 bits per heavy atom. The van der Waals surface area contributed by atoms with Gasteiger partial charge in [0, 0.05) is 24.6 Å². The molecular weight excluding hydrogens is 238 g/mol. The number of rotatable bonds is 4. The molecule has 0 radical (unpaired) electrons. The second-order valence-corrected chi connectivity index (χ2v) is 5.57. The second kappa shape index (κ2) is 5.16. The first kappa shape index (κ1) is 12.5. The lowest BCUT2D eigenvalue weighted by Gasteiger charge is -2.34. The Balaban J connectivity index is 2.21. The number of carboxylic acids is 1. The van der Waals surface area contributed by atoms with Gasteiger partial charge in [-0.1, -0.05) is 6.92 Å². The SMILES string of the molecule is CC(CO)CN1CCc2sccc2C1C(=O)O. The molecular formula is C12H17NO3S. The molecule has 2 rings (SSSR count). The number of carboxylic acid groups (broad SMARTS) is 1. The minimum atomic E-state index is -0.797. The topological polar surface area (TPSA) is 60.8 Å². The molecule has 0 aromatic carbocycles. The highest BCUT2D eigenvalue weighted by Crippen LogP contribution is 2.33. The molecule has 4 nitrogen and oxygen atoms in total. The second-order valence-electron chi connectivity index (χ2n) is 4.57. The Kier molecular flexibility index (Phi) is 3.81. The molecule has 0 amide bonds. The van der Waals surface area contributed by atoms with Gasteiger partial charge in [0.15, 0.2) is 0 Å². The molecule has 0 bridgehead atoms. The smallest absolute Gasteiger partial charge is 0.325 e. The van der Waals surface area contributed by atoms with Crippen LogP contribution in [0.2, 0.25) is 0 Å². The van der Waals surface area contributed by atoms with E-state index in [0.717, 1.165) is 18.5 Å². The maximum Gasteiger partial charge on any atom is 0.325 e. The minimum absolute atomic E-state index is 0.0966. The molecule has 17 heavy (non-hydrogen) atoms. The number of aliphatic hydroxyl groups excluding tert-OH is 1. The van der Waals surface area contributed by atoms with Gasteiger partial charge in [0.2, 0.25) is 0 Å². The predicted octanol–water partition coefficient (Wildman–Crippen LogP) is 1.36. The van der Waals surface area contributed by atoms with Crippen molar-refractivity contribution < 1.29 is 15.0 Å². The highest BCUT2D eigenvalue weighted by Gasteiger charge is 2.33. The van der Waals surface area contributed by atoms with Gasteiger partial charge in [0.25, 0.3) is 0 Å². The number of hydrogen-bond donors (Lipinski definition) is 2. The van der Waals surface area contributed by atoms with Crippen LogP contribution in [0.4, 0.5) is 0 Å². The number of fused-ring (bicyclic) bond motifs is 1. The summed E-state index contributed by atoms with van der Waals surface area (Å²) in [6, 6.07) is 1.37. The molecule has 2 heterocycles. The zero-order valence-corrected chi connectivity index (χ0v) is 10.6. The van der Waals surface area contributed by atoms with Crippen LogP contribution >= 0.6 is 11.3 Å². The van der Waals surface area contributed by atoms with E-state index in [9.17, 15) is 9.90 Å². The van der Waals surface area contributed by atoms with Crippen LogP contribution in [-0.2, 0) is 11.2 Å². The van der Waals surface area contributed by atoms with Crippen LogP contribution in [0.25, 0.3) is 0 Å². The molecule has 1 aromatic heterocycles. The van der Waals surface area contributed by atoms with Crippen molar-refractivity contribution in [3.05, 3.63) is 21.9 Å². The third-order valence-corrected chi connectivity index (χ3v) is 4.15. The largest absolute Gasteiger partial charge is 0.480 e. The molecule has 0 fully saturated rings. The van der Waals surface area contributed by atoms with E-state index in [-0.39, 0.29) is 12.5 Å². The average Bonchev–Trinajstić information content (AvgIpc) is 2.75. The van der Waals surface area contributed by atoms with Gasteiger partial charge < -0.3 is 10.2 Å². The third kappa shape index (κ3) is 2.51. The predicted molar refractivity (Wildman–Crippen MR) is 66.2 cm³/mol. The molecule has 2 unspecified atom stereocenters. The fourth-order valence-corrected chi connectivity index (χ4v) is 3.22. The quantitative estimate of drug-likeness (QED) is 0.853. The van der Waals surface area contributed by atoms with Crippen molar-refractivity contribution in [2.24, 2.45) is 5.92 Å². The molecule has 2 N–H and O–H groups in total. The molecule has 0 saturated heterocycles. The summed E-state index contributed by atoms with van der Waals surface area (Å²) in [5, 5.41) is 20.4. The summed E-state index contributed by atoms with van der Waals surface area (Å²) in [5.74, 6) is -0.688. The number of aliphatic carboxylic acids is 1. The average molecular weight is 255 g/mol. The summed E-state index contributed by atoms with van der Waals surface area (Å²) in [5.41, 5.74) is 0.930. The van der Waals surface area contributed by atoms with E-state index < -0.39 is 12.0 Å². The van der Waals surface area contributed by atoms with Gasteiger partial charge in [0.05, 0.1) is 0 Å². The van der Waals surface area contributed by atoms with Crippen LogP contribution in [0.3, 0.4) is 0 Å². The van der Waals surface area contributed by atoms with E-state index in [4.69, 9.17) is 5.11 Å². The Hall–Kier alpha value is -0.910. The van der Waals surface area contributed by atoms with Crippen LogP contribution < -0.4 is 0 Å². The van der Waals surface area contributed by atoms with Gasteiger partial charge in [-0.2, -0.15) is 0 Å². The molecule has 94 valence electrons. The summed E-state index contributed by atoms with van der Waals surface area (Å²) < 4.78 is 0. The van der Waals surface area contributed by atoms with E-state index in [1.807, 2.05) is 23.3 Å². The first-order valence-electron chi connectivity index (χ1n) is 5.77. The number of thiophene rings is 1. The zero-order chi connectivity index (χ0) is 12.4. The van der Waals surface area contributed by atoms with E-state index in [2.05, 4.69) is 0 Å². The highest BCUT2D eigenvalue weighted by molar-refractivity contribution is 7.10. The van der Waals surface area contributed by atoms with Crippen LogP contribution in [0.15, 0.2) is 11.4 Å².